The van der Waals surface area contributed by atoms with Gasteiger partial charge in [-0.3, -0.25) is 0 Å². The summed E-state index contributed by atoms with van der Waals surface area (Å²) in [6, 6.07) is 43.1. The minimum atomic E-state index is 1.14. The standard InChI is InChI=1S/C36H26/c1-3-29-33(25-15-7-5-8-16-25)23-27-19-11-13-21-31(27)35(29)36-30(4-2)34(26-17-9-6-10-18-26)24-28-20-12-14-22-32(28)36/h3-24H,1-2H2. The van der Waals surface area contributed by atoms with Crippen molar-refractivity contribution in [2.45, 2.75) is 0 Å². The van der Waals surface area contributed by atoms with Gasteiger partial charge >= 0.3 is 0 Å². The van der Waals surface area contributed by atoms with Gasteiger partial charge < -0.3 is 0 Å². The predicted octanol–water partition coefficient (Wildman–Crippen LogP) is 10.3. The topological polar surface area (TPSA) is 0 Å². The largest absolute Gasteiger partial charge is 0.0984 e. The Hall–Kier alpha value is -4.68. The maximum atomic E-state index is 4.30. The summed E-state index contributed by atoms with van der Waals surface area (Å²) in [7, 11) is 0. The third kappa shape index (κ3) is 3.56. The Morgan fingerprint density at radius 1 is 0.417 bits per heavy atom. The molecule has 0 heteroatoms. The summed E-state index contributed by atoms with van der Waals surface area (Å²) in [5.41, 5.74) is 9.41. The highest BCUT2D eigenvalue weighted by molar-refractivity contribution is 6.14. The summed E-state index contributed by atoms with van der Waals surface area (Å²) in [6.45, 7) is 8.60. The molecule has 0 saturated carbocycles. The van der Waals surface area contributed by atoms with E-state index in [1.165, 1.54) is 54.9 Å². The van der Waals surface area contributed by atoms with Crippen molar-refractivity contribution in [3.8, 4) is 33.4 Å². The summed E-state index contributed by atoms with van der Waals surface area (Å²) >= 11 is 0. The molecule has 0 fully saturated rings. The molecule has 36 heavy (non-hydrogen) atoms. The molecule has 0 atom stereocenters. The second-order valence-corrected chi connectivity index (χ2v) is 9.01. The Kier molecular flexibility index (Phi) is 5.56. The molecular weight excluding hydrogens is 432 g/mol. The van der Waals surface area contributed by atoms with Crippen LogP contribution in [0, 0.1) is 0 Å². The number of fused-ring (bicyclic) bond motifs is 2. The molecule has 6 rings (SSSR count). The smallest absolute Gasteiger partial charge is 0.00143 e. The van der Waals surface area contributed by atoms with Gasteiger partial charge in [-0.05, 0) is 78.2 Å². The lowest BCUT2D eigenvalue weighted by Crippen LogP contribution is -1.97. The van der Waals surface area contributed by atoms with Crippen LogP contribution in [-0.2, 0) is 0 Å². The molecule has 0 amide bonds. The Morgan fingerprint density at radius 2 is 0.778 bits per heavy atom. The van der Waals surface area contributed by atoms with Gasteiger partial charge in [0.25, 0.3) is 0 Å². The number of benzene rings is 6. The van der Waals surface area contributed by atoms with E-state index in [1.54, 1.807) is 0 Å². The average molecular weight is 459 g/mol. The first-order valence-corrected chi connectivity index (χ1v) is 12.3. The van der Waals surface area contributed by atoms with E-state index in [0.717, 1.165) is 11.1 Å². The Balaban J connectivity index is 1.84. The van der Waals surface area contributed by atoms with Gasteiger partial charge in [0.1, 0.15) is 0 Å². The molecule has 6 aromatic carbocycles. The fourth-order valence-electron chi connectivity index (χ4n) is 5.40. The normalized spacial score (nSPS) is 11.0. The summed E-state index contributed by atoms with van der Waals surface area (Å²) in [4.78, 5) is 0. The maximum absolute atomic E-state index is 4.30. The Labute approximate surface area is 212 Å². The van der Waals surface area contributed by atoms with Gasteiger partial charge in [0.2, 0.25) is 0 Å². The van der Waals surface area contributed by atoms with Gasteiger partial charge in [-0.25, -0.2) is 0 Å². The molecular formula is C36H26. The summed E-state index contributed by atoms with van der Waals surface area (Å²) in [5.74, 6) is 0. The number of rotatable bonds is 5. The van der Waals surface area contributed by atoms with Crippen molar-refractivity contribution in [2.75, 3.05) is 0 Å². The molecule has 0 N–H and O–H groups in total. The molecule has 0 aromatic heterocycles. The second-order valence-electron chi connectivity index (χ2n) is 9.01. The molecule has 0 heterocycles. The Bertz CT molecular complexity index is 1610. The third-order valence-corrected chi connectivity index (χ3v) is 7.01. The van der Waals surface area contributed by atoms with Gasteiger partial charge in [-0.15, -0.1) is 0 Å². The second kappa shape index (κ2) is 9.17. The highest BCUT2D eigenvalue weighted by atomic mass is 14.2. The van der Waals surface area contributed by atoms with E-state index in [9.17, 15) is 0 Å². The van der Waals surface area contributed by atoms with Crippen molar-refractivity contribution in [3.63, 3.8) is 0 Å². The van der Waals surface area contributed by atoms with Gasteiger partial charge in [0.05, 0.1) is 0 Å². The first-order valence-electron chi connectivity index (χ1n) is 12.3. The molecule has 0 aliphatic heterocycles. The van der Waals surface area contributed by atoms with Crippen molar-refractivity contribution in [1.29, 1.82) is 0 Å². The summed E-state index contributed by atoms with van der Waals surface area (Å²) in [6.07, 6.45) is 4.03. The van der Waals surface area contributed by atoms with Crippen LogP contribution in [0.3, 0.4) is 0 Å². The molecule has 0 saturated heterocycles. The first kappa shape index (κ1) is 21.8. The highest BCUT2D eigenvalue weighted by Crippen LogP contribution is 2.46. The van der Waals surface area contributed by atoms with E-state index in [0.29, 0.717) is 0 Å². The molecule has 170 valence electrons. The molecule has 0 nitrogen and oxygen atoms in total. The zero-order valence-electron chi connectivity index (χ0n) is 20.1. The zero-order valence-corrected chi connectivity index (χ0v) is 20.1. The monoisotopic (exact) mass is 458 g/mol. The van der Waals surface area contributed by atoms with Crippen LogP contribution in [0.4, 0.5) is 0 Å². The van der Waals surface area contributed by atoms with E-state index < -0.39 is 0 Å². The van der Waals surface area contributed by atoms with Crippen LogP contribution in [0.1, 0.15) is 11.1 Å². The van der Waals surface area contributed by atoms with Crippen LogP contribution in [-0.4, -0.2) is 0 Å². The van der Waals surface area contributed by atoms with Crippen molar-refractivity contribution in [2.24, 2.45) is 0 Å². The Morgan fingerprint density at radius 3 is 1.17 bits per heavy atom. The van der Waals surface area contributed by atoms with Crippen LogP contribution in [0.5, 0.6) is 0 Å². The van der Waals surface area contributed by atoms with Crippen molar-refractivity contribution in [3.05, 3.63) is 146 Å². The minimum Gasteiger partial charge on any atom is -0.0984 e. The molecule has 0 bridgehead atoms. The van der Waals surface area contributed by atoms with Crippen LogP contribution >= 0.6 is 0 Å². The molecule has 0 radical (unpaired) electrons. The van der Waals surface area contributed by atoms with Crippen molar-refractivity contribution in [1.82, 2.24) is 0 Å². The summed E-state index contributed by atoms with van der Waals surface area (Å²) < 4.78 is 0. The van der Waals surface area contributed by atoms with Crippen LogP contribution in [0.25, 0.3) is 67.1 Å². The fourth-order valence-corrected chi connectivity index (χ4v) is 5.40. The van der Waals surface area contributed by atoms with E-state index in [-0.39, 0.29) is 0 Å². The van der Waals surface area contributed by atoms with E-state index >= 15 is 0 Å². The first-order chi connectivity index (χ1) is 17.8. The number of hydrogen-bond donors (Lipinski definition) is 0. The molecule has 0 unspecified atom stereocenters. The lowest BCUT2D eigenvalue weighted by atomic mass is 9.81. The molecule has 6 aromatic rings. The quantitative estimate of drug-likeness (QED) is 0.241. The molecule has 0 aliphatic carbocycles. The van der Waals surface area contributed by atoms with Crippen LogP contribution < -0.4 is 0 Å². The van der Waals surface area contributed by atoms with Gasteiger partial charge in [-0.1, -0.05) is 135 Å². The zero-order chi connectivity index (χ0) is 24.5. The minimum absolute atomic E-state index is 1.14. The van der Waals surface area contributed by atoms with Crippen molar-refractivity contribution >= 4 is 33.7 Å². The van der Waals surface area contributed by atoms with Gasteiger partial charge in [0.15, 0.2) is 0 Å². The van der Waals surface area contributed by atoms with E-state index in [4.69, 9.17) is 0 Å². The van der Waals surface area contributed by atoms with Crippen LogP contribution in [0.15, 0.2) is 134 Å². The maximum Gasteiger partial charge on any atom is -0.00143 e. The highest BCUT2D eigenvalue weighted by Gasteiger charge is 2.21. The van der Waals surface area contributed by atoms with E-state index in [1.807, 2.05) is 12.2 Å². The summed E-state index contributed by atoms with van der Waals surface area (Å²) in [5, 5.41) is 4.85. The molecule has 0 aliphatic rings. The fraction of sp³-hybridized carbons (Fsp3) is 0. The third-order valence-electron chi connectivity index (χ3n) is 7.01. The van der Waals surface area contributed by atoms with E-state index in [2.05, 4.69) is 134 Å². The van der Waals surface area contributed by atoms with Crippen molar-refractivity contribution < 1.29 is 0 Å². The average Bonchev–Trinajstić information content (AvgIpc) is 2.96. The predicted molar refractivity (Wildman–Crippen MR) is 158 cm³/mol. The van der Waals surface area contributed by atoms with Gasteiger partial charge in [0, 0.05) is 0 Å². The number of hydrogen-bond acceptors (Lipinski definition) is 0. The lowest BCUT2D eigenvalue weighted by Gasteiger charge is -2.22. The molecule has 0 spiro atoms. The lowest BCUT2D eigenvalue weighted by molar-refractivity contribution is 1.58. The van der Waals surface area contributed by atoms with Gasteiger partial charge in [-0.2, -0.15) is 0 Å². The SMILES string of the molecule is C=Cc1c(-c2ccccc2)cc2ccccc2c1-c1c(C=C)c(-c2ccccc2)cc2ccccc12. The van der Waals surface area contributed by atoms with Crippen LogP contribution in [0.2, 0.25) is 0 Å².